The summed E-state index contributed by atoms with van der Waals surface area (Å²) >= 11 is 0. The van der Waals surface area contributed by atoms with E-state index in [1.54, 1.807) is 6.92 Å². The van der Waals surface area contributed by atoms with E-state index in [1.165, 1.54) is 6.92 Å². The zero-order chi connectivity index (χ0) is 18.2. The van der Waals surface area contributed by atoms with E-state index in [0.29, 0.717) is 6.42 Å². The van der Waals surface area contributed by atoms with Gasteiger partial charge in [0.25, 0.3) is 0 Å². The van der Waals surface area contributed by atoms with Crippen molar-refractivity contribution in [1.29, 1.82) is 0 Å². The molecule has 4 unspecified atom stereocenters. The number of amides is 1. The molecule has 0 saturated carbocycles. The third kappa shape index (κ3) is 35.6. The monoisotopic (exact) mass is 563 g/mol. The van der Waals surface area contributed by atoms with Gasteiger partial charge in [0, 0.05) is 17.8 Å². The molecule has 0 fully saturated rings. The summed E-state index contributed by atoms with van der Waals surface area (Å²) in [6.45, 7) is 3.15. The quantitative estimate of drug-likeness (QED) is 0.256. The van der Waals surface area contributed by atoms with E-state index in [-0.39, 0.29) is 160 Å². The molecular weight excluding hydrogens is 491 g/mol. The zero-order valence-electron chi connectivity index (χ0n) is 14.3. The maximum Gasteiger partial charge on any atom is 1.00 e. The van der Waals surface area contributed by atoms with Gasteiger partial charge in [0.15, 0.2) is 0 Å². The van der Waals surface area contributed by atoms with Gasteiger partial charge >= 0.3 is 63.3 Å². The van der Waals surface area contributed by atoms with Crippen LogP contribution in [-0.2, 0) is 24.0 Å². The first-order valence-corrected chi connectivity index (χ1v) is 7.32. The molecular formula is C26H72KN2O7+. The number of quaternary nitrogens is 1. The molecule has 0 bridgehead atoms. The summed E-state index contributed by atoms with van der Waals surface area (Å²) in [7, 11) is 0. The predicted octanol–water partition coefficient (Wildman–Crippen LogP) is 2.71. The van der Waals surface area contributed by atoms with Crippen LogP contribution in [-0.4, -0.2) is 28.9 Å². The molecule has 0 aliphatic heterocycles. The van der Waals surface area contributed by atoms with Crippen molar-refractivity contribution in [1.82, 2.24) is 0 Å². The van der Waals surface area contributed by atoms with Crippen LogP contribution in [0.2, 0.25) is 0 Å². The Labute approximate surface area is 271 Å². The molecule has 1 amide bonds. The average molecular weight is 564 g/mol. The number of hydrogen-bond acceptors (Lipinski definition) is 6. The molecule has 10 heteroatoms. The molecule has 0 aliphatic carbocycles. The van der Waals surface area contributed by atoms with E-state index in [2.05, 4.69) is 10.7 Å². The van der Waals surface area contributed by atoms with Crippen LogP contribution >= 0.6 is 0 Å². The molecule has 4 atom stereocenters. The van der Waals surface area contributed by atoms with Crippen LogP contribution in [0.25, 0.3) is 0 Å². The molecule has 0 saturated heterocycles. The zero-order valence-corrected chi connectivity index (χ0v) is 17.4. The standard InChI is InChI=1S/C14H24N2O7.12CH4.K/c1-3-8(11(15)17)5-10(13(20)21)6-9(12(18)19)4-7(2)14(22)23-16;;;;;;;;;;;;;/h7-10H,3-6H2,1-2,16H3,(H3-,15,17,18,19,20,21);12*1H4;/q;;;;;;;;;;;;;+1. The fourth-order valence-corrected chi connectivity index (χ4v) is 2.42. The third-order valence-electron chi connectivity index (χ3n) is 3.90. The van der Waals surface area contributed by atoms with Crippen molar-refractivity contribution < 1.29 is 91.5 Å². The maximum absolute atomic E-state index is 11.3. The predicted molar refractivity (Wildman–Crippen MR) is 155 cm³/mol. The number of carbonyl (C=O) groups excluding carboxylic acids is 3. The number of primary amides is 1. The van der Waals surface area contributed by atoms with Crippen molar-refractivity contribution in [2.45, 2.75) is 129 Å². The van der Waals surface area contributed by atoms with Gasteiger partial charge in [-0.3, -0.25) is 14.4 Å². The Morgan fingerprint density at radius 1 is 0.778 bits per heavy atom. The number of nitrogens with two attached hydrogens (primary N) is 1. The molecule has 6 N–H and O–H groups in total. The summed E-state index contributed by atoms with van der Waals surface area (Å²) < 4.78 is 0. The topological polar surface area (TPSA) is 174 Å². The van der Waals surface area contributed by atoms with Crippen molar-refractivity contribution >= 4 is 23.8 Å². The Balaban J connectivity index is -0.0000000310. The minimum Gasteiger partial charge on any atom is -0.550 e. The van der Waals surface area contributed by atoms with Gasteiger partial charge in [-0.05, 0) is 25.7 Å². The number of carboxylic acids is 2. The van der Waals surface area contributed by atoms with Crippen LogP contribution in [0.5, 0.6) is 0 Å². The summed E-state index contributed by atoms with van der Waals surface area (Å²) in [4.78, 5) is 49.4. The molecule has 228 valence electrons. The summed E-state index contributed by atoms with van der Waals surface area (Å²) in [6, 6.07) is 0. The number of rotatable bonds is 11. The Hall–Kier alpha value is -0.524. The maximum atomic E-state index is 11.3. The Morgan fingerprint density at radius 3 is 1.33 bits per heavy atom. The fourth-order valence-electron chi connectivity index (χ4n) is 2.42. The molecule has 0 aromatic rings. The van der Waals surface area contributed by atoms with Gasteiger partial charge in [-0.1, -0.05) is 103 Å². The number of hydrogen-bond donors (Lipinski definition) is 3. The van der Waals surface area contributed by atoms with E-state index < -0.39 is 47.5 Å². The third-order valence-corrected chi connectivity index (χ3v) is 3.90. The summed E-state index contributed by atoms with van der Waals surface area (Å²) in [5.74, 6) is -4.67. The smallest absolute Gasteiger partial charge is 0.550 e. The molecule has 36 heavy (non-hydrogen) atoms. The summed E-state index contributed by atoms with van der Waals surface area (Å²) in [5.41, 5.74) is 5.20. The van der Waals surface area contributed by atoms with Gasteiger partial charge in [0.05, 0.1) is 11.8 Å². The second-order valence-corrected chi connectivity index (χ2v) is 5.63. The Bertz CT molecular complexity index is 466. The number of carbonyl (C=O) groups is 4. The van der Waals surface area contributed by atoms with Crippen molar-refractivity contribution in [3.05, 3.63) is 0 Å². The van der Waals surface area contributed by atoms with Crippen molar-refractivity contribution in [2.75, 3.05) is 0 Å². The van der Waals surface area contributed by atoms with E-state index >= 15 is 0 Å². The molecule has 0 radical (unpaired) electrons. The number of carboxylic acid groups (broad SMARTS) is 2. The second-order valence-electron chi connectivity index (χ2n) is 5.63. The summed E-state index contributed by atoms with van der Waals surface area (Å²) in [6.07, 6.45) is -0.0809. The second kappa shape index (κ2) is 47.6. The largest absolute Gasteiger partial charge is 1.00 e. The van der Waals surface area contributed by atoms with Crippen LogP contribution in [0.15, 0.2) is 0 Å². The van der Waals surface area contributed by atoms with Crippen LogP contribution in [0, 0.1) is 23.7 Å². The van der Waals surface area contributed by atoms with E-state index in [4.69, 9.17) is 5.73 Å². The van der Waals surface area contributed by atoms with Crippen molar-refractivity contribution in [3.8, 4) is 0 Å². The minimum atomic E-state index is -1.45. The van der Waals surface area contributed by atoms with Gasteiger partial charge in [0.1, 0.15) is 0 Å². The molecule has 9 nitrogen and oxygen atoms in total. The van der Waals surface area contributed by atoms with Crippen molar-refractivity contribution in [3.63, 3.8) is 0 Å². The van der Waals surface area contributed by atoms with Crippen LogP contribution in [0.4, 0.5) is 0 Å². The Morgan fingerprint density at radius 2 is 1.11 bits per heavy atom. The molecule has 0 rings (SSSR count). The van der Waals surface area contributed by atoms with Gasteiger partial charge in [-0.25, -0.2) is 4.79 Å². The van der Waals surface area contributed by atoms with Gasteiger partial charge < -0.3 is 20.7 Å². The first-order valence-electron chi connectivity index (χ1n) is 7.32. The van der Waals surface area contributed by atoms with Gasteiger partial charge in [-0.15, -0.1) is 0 Å². The molecule has 0 heterocycles. The summed E-state index contributed by atoms with van der Waals surface area (Å²) in [5, 5.41) is 20.5. The van der Waals surface area contributed by atoms with Crippen LogP contribution in [0.3, 0.4) is 0 Å². The first kappa shape index (κ1) is 91.4. The Kier molecular flexibility index (Phi) is 121. The molecule has 0 spiro atoms. The normalized spacial score (nSPS) is 10.2. The van der Waals surface area contributed by atoms with E-state index in [9.17, 15) is 29.4 Å². The van der Waals surface area contributed by atoms with E-state index in [0.717, 1.165) is 0 Å². The first-order chi connectivity index (χ1) is 10.6. The van der Waals surface area contributed by atoms with Gasteiger partial charge in [-0.2, -0.15) is 5.90 Å². The van der Waals surface area contributed by atoms with E-state index in [1.807, 2.05) is 0 Å². The van der Waals surface area contributed by atoms with Gasteiger partial charge in [0.2, 0.25) is 5.91 Å². The van der Waals surface area contributed by atoms with Crippen molar-refractivity contribution in [2.24, 2.45) is 29.4 Å². The fraction of sp³-hybridized carbons (Fsp3) is 0.846. The minimum absolute atomic E-state index is 0. The van der Waals surface area contributed by atoms with Crippen LogP contribution < -0.4 is 68.1 Å². The average Bonchev–Trinajstić information content (AvgIpc) is 2.47. The molecule has 0 aliphatic rings. The van der Waals surface area contributed by atoms with Crippen LogP contribution in [0.1, 0.15) is 129 Å². The number of aliphatic carboxylic acids is 2. The SMILES string of the molecule is C.C.C.C.C.C.C.C.C.C.C.C.CCC(CC(CC(CC(C)C(=O)O[NH3+])C(=O)[O-])C(=O)O)C(N)=O.[K+]. The molecule has 0 aromatic carbocycles. The molecule has 0 aromatic heterocycles.